The third-order valence-electron chi connectivity index (χ3n) is 2.94. The number of para-hydroxylation sites is 1. The first kappa shape index (κ1) is 14.6. The quantitative estimate of drug-likeness (QED) is 0.739. The average Bonchev–Trinajstić information content (AvgIpc) is 2.48. The number of phenols is 1. The minimum atomic E-state index is -0.361. The monoisotopic (exact) mass is 280 g/mol. The molecular formula is C17H16N2O2. The van der Waals surface area contributed by atoms with E-state index < -0.39 is 0 Å². The van der Waals surface area contributed by atoms with Crippen molar-refractivity contribution in [2.45, 2.75) is 6.92 Å². The molecule has 0 fully saturated rings. The van der Waals surface area contributed by atoms with Gasteiger partial charge in [-0.05, 0) is 36.8 Å². The molecule has 2 rings (SSSR count). The SMILES string of the molecule is Cc1cccc(C(=O)Nc2cccc(C#CCN)c2)c1O. The van der Waals surface area contributed by atoms with Crippen molar-refractivity contribution in [2.75, 3.05) is 11.9 Å². The molecule has 0 unspecified atom stereocenters. The summed E-state index contributed by atoms with van der Waals surface area (Å²) in [6.07, 6.45) is 0. The molecule has 0 aliphatic carbocycles. The Bertz CT molecular complexity index is 727. The minimum absolute atomic E-state index is 0.00548. The molecule has 2 aromatic carbocycles. The second-order valence-corrected chi connectivity index (χ2v) is 4.51. The maximum absolute atomic E-state index is 12.2. The average molecular weight is 280 g/mol. The van der Waals surface area contributed by atoms with Gasteiger partial charge in [-0.2, -0.15) is 0 Å². The van der Waals surface area contributed by atoms with E-state index in [-0.39, 0.29) is 23.8 Å². The van der Waals surface area contributed by atoms with Crippen molar-refractivity contribution in [3.63, 3.8) is 0 Å². The van der Waals surface area contributed by atoms with Crippen LogP contribution in [0.5, 0.6) is 5.75 Å². The first-order chi connectivity index (χ1) is 10.1. The molecule has 4 N–H and O–H groups in total. The van der Waals surface area contributed by atoms with Gasteiger partial charge >= 0.3 is 0 Å². The minimum Gasteiger partial charge on any atom is -0.507 e. The fourth-order valence-electron chi connectivity index (χ4n) is 1.87. The normalized spacial score (nSPS) is 9.62. The lowest BCUT2D eigenvalue weighted by molar-refractivity contribution is 0.102. The van der Waals surface area contributed by atoms with E-state index in [1.165, 1.54) is 0 Å². The maximum Gasteiger partial charge on any atom is 0.259 e. The van der Waals surface area contributed by atoms with Crippen molar-refractivity contribution in [3.05, 3.63) is 59.2 Å². The van der Waals surface area contributed by atoms with Gasteiger partial charge in [0.2, 0.25) is 0 Å². The molecule has 0 bridgehead atoms. The Kier molecular flexibility index (Phi) is 4.60. The molecular weight excluding hydrogens is 264 g/mol. The number of phenolic OH excluding ortho intramolecular Hbond substituents is 1. The van der Waals surface area contributed by atoms with Crippen LogP contribution in [-0.2, 0) is 0 Å². The highest BCUT2D eigenvalue weighted by atomic mass is 16.3. The van der Waals surface area contributed by atoms with Gasteiger partial charge in [-0.3, -0.25) is 4.79 Å². The van der Waals surface area contributed by atoms with Crippen LogP contribution in [0.25, 0.3) is 0 Å². The Morgan fingerprint density at radius 2 is 2.05 bits per heavy atom. The predicted molar refractivity (Wildman–Crippen MR) is 83.2 cm³/mol. The molecule has 0 radical (unpaired) electrons. The van der Waals surface area contributed by atoms with Gasteiger partial charge in [-0.25, -0.2) is 0 Å². The van der Waals surface area contributed by atoms with E-state index in [1.807, 2.05) is 6.07 Å². The van der Waals surface area contributed by atoms with Crippen LogP contribution in [0.2, 0.25) is 0 Å². The summed E-state index contributed by atoms with van der Waals surface area (Å²) >= 11 is 0. The summed E-state index contributed by atoms with van der Waals surface area (Å²) in [5.74, 6) is 5.29. The summed E-state index contributed by atoms with van der Waals surface area (Å²) in [5.41, 5.74) is 7.62. The van der Waals surface area contributed by atoms with Gasteiger partial charge in [-0.15, -0.1) is 0 Å². The third kappa shape index (κ3) is 3.62. The molecule has 21 heavy (non-hydrogen) atoms. The van der Waals surface area contributed by atoms with Crippen molar-refractivity contribution in [1.82, 2.24) is 0 Å². The molecule has 4 nitrogen and oxygen atoms in total. The molecule has 0 aromatic heterocycles. The van der Waals surface area contributed by atoms with Crippen LogP contribution < -0.4 is 11.1 Å². The molecule has 2 aromatic rings. The number of anilines is 1. The molecule has 0 aliphatic heterocycles. The number of nitrogens with two attached hydrogens (primary N) is 1. The first-order valence-electron chi connectivity index (χ1n) is 6.50. The van der Waals surface area contributed by atoms with Crippen LogP contribution in [0.1, 0.15) is 21.5 Å². The summed E-state index contributed by atoms with van der Waals surface area (Å²) in [6.45, 7) is 2.03. The van der Waals surface area contributed by atoms with Crippen molar-refractivity contribution >= 4 is 11.6 Å². The van der Waals surface area contributed by atoms with Crippen LogP contribution in [0, 0.1) is 18.8 Å². The van der Waals surface area contributed by atoms with Gasteiger partial charge < -0.3 is 16.2 Å². The third-order valence-corrected chi connectivity index (χ3v) is 2.94. The Labute approximate surface area is 123 Å². The van der Waals surface area contributed by atoms with Crippen molar-refractivity contribution in [1.29, 1.82) is 0 Å². The van der Waals surface area contributed by atoms with Crippen molar-refractivity contribution < 1.29 is 9.90 Å². The molecule has 106 valence electrons. The van der Waals surface area contributed by atoms with Crippen LogP contribution in [-0.4, -0.2) is 17.6 Å². The van der Waals surface area contributed by atoms with Gasteiger partial charge in [-0.1, -0.05) is 30.0 Å². The Hall–Kier alpha value is -2.77. The highest BCUT2D eigenvalue weighted by molar-refractivity contribution is 6.06. The number of aromatic hydroxyl groups is 1. The molecule has 4 heteroatoms. The highest BCUT2D eigenvalue weighted by Crippen LogP contribution is 2.22. The van der Waals surface area contributed by atoms with Gasteiger partial charge in [0.1, 0.15) is 5.75 Å². The number of carbonyl (C=O) groups is 1. The Balaban J connectivity index is 2.22. The number of hydrogen-bond donors (Lipinski definition) is 3. The first-order valence-corrected chi connectivity index (χ1v) is 6.50. The molecule has 1 amide bonds. The number of carbonyl (C=O) groups excluding carboxylic acids is 1. The van der Waals surface area contributed by atoms with Gasteiger partial charge in [0, 0.05) is 11.3 Å². The fraction of sp³-hybridized carbons (Fsp3) is 0.118. The number of aryl methyl sites for hydroxylation is 1. The maximum atomic E-state index is 12.2. The van der Waals surface area contributed by atoms with Crippen LogP contribution in [0.3, 0.4) is 0 Å². The number of benzene rings is 2. The largest absolute Gasteiger partial charge is 0.507 e. The summed E-state index contributed by atoms with van der Waals surface area (Å²) in [6, 6.07) is 12.2. The predicted octanol–water partition coefficient (Wildman–Crippen LogP) is 2.26. The van der Waals surface area contributed by atoms with Crippen molar-refractivity contribution in [2.24, 2.45) is 5.73 Å². The lowest BCUT2D eigenvalue weighted by Gasteiger charge is -2.08. The van der Waals surface area contributed by atoms with Crippen molar-refractivity contribution in [3.8, 4) is 17.6 Å². The standard InChI is InChI=1S/C17H16N2O2/c1-12-5-2-9-15(16(12)20)17(21)19-14-8-3-6-13(11-14)7-4-10-18/h2-3,5-6,8-9,11,20H,10,18H2,1H3,(H,19,21). The molecule has 0 aliphatic rings. The Morgan fingerprint density at radius 3 is 2.81 bits per heavy atom. The summed E-state index contributed by atoms with van der Waals surface area (Å²) < 4.78 is 0. The van der Waals surface area contributed by atoms with E-state index in [2.05, 4.69) is 17.2 Å². The molecule has 0 heterocycles. The summed E-state index contributed by atoms with van der Waals surface area (Å²) in [4.78, 5) is 12.2. The molecule has 0 spiro atoms. The zero-order chi connectivity index (χ0) is 15.2. The second kappa shape index (κ2) is 6.60. The second-order valence-electron chi connectivity index (χ2n) is 4.51. The molecule has 0 saturated heterocycles. The van der Waals surface area contributed by atoms with E-state index in [0.29, 0.717) is 11.3 Å². The zero-order valence-electron chi connectivity index (χ0n) is 11.7. The van der Waals surface area contributed by atoms with E-state index in [9.17, 15) is 9.90 Å². The lowest BCUT2D eigenvalue weighted by Crippen LogP contribution is -2.12. The number of rotatable bonds is 2. The lowest BCUT2D eigenvalue weighted by atomic mass is 10.1. The fourth-order valence-corrected chi connectivity index (χ4v) is 1.87. The number of nitrogens with one attached hydrogen (secondary N) is 1. The van der Waals surface area contributed by atoms with E-state index in [4.69, 9.17) is 5.73 Å². The number of hydrogen-bond acceptors (Lipinski definition) is 3. The Morgan fingerprint density at radius 1 is 1.29 bits per heavy atom. The van der Waals surface area contributed by atoms with E-state index in [1.54, 1.807) is 43.3 Å². The summed E-state index contributed by atoms with van der Waals surface area (Å²) in [7, 11) is 0. The zero-order valence-corrected chi connectivity index (χ0v) is 11.7. The van der Waals surface area contributed by atoms with E-state index in [0.717, 1.165) is 5.56 Å². The summed E-state index contributed by atoms with van der Waals surface area (Å²) in [5, 5.41) is 12.7. The molecule has 0 saturated carbocycles. The highest BCUT2D eigenvalue weighted by Gasteiger charge is 2.12. The van der Waals surface area contributed by atoms with Gasteiger partial charge in [0.25, 0.3) is 5.91 Å². The number of amides is 1. The van der Waals surface area contributed by atoms with E-state index >= 15 is 0 Å². The molecule has 0 atom stereocenters. The van der Waals surface area contributed by atoms with Gasteiger partial charge in [0.05, 0.1) is 12.1 Å². The smallest absolute Gasteiger partial charge is 0.259 e. The van der Waals surface area contributed by atoms with Gasteiger partial charge in [0.15, 0.2) is 0 Å². The van der Waals surface area contributed by atoms with Crippen LogP contribution in [0.4, 0.5) is 5.69 Å². The topological polar surface area (TPSA) is 75.4 Å². The van der Waals surface area contributed by atoms with Crippen LogP contribution >= 0.6 is 0 Å². The van der Waals surface area contributed by atoms with Crippen LogP contribution in [0.15, 0.2) is 42.5 Å².